The van der Waals surface area contributed by atoms with Crippen LogP contribution in [0, 0.1) is 0 Å². The van der Waals surface area contributed by atoms with E-state index in [-0.39, 0.29) is 0 Å². The lowest BCUT2D eigenvalue weighted by Gasteiger charge is -2.09. The number of benzene rings is 4. The minimum atomic E-state index is 0.981. The Hall–Kier alpha value is -3.32. The van der Waals surface area contributed by atoms with Gasteiger partial charge in [0.05, 0.1) is 0 Å². The van der Waals surface area contributed by atoms with E-state index in [0.717, 1.165) is 24.0 Å². The minimum absolute atomic E-state index is 0.981. The third-order valence-corrected chi connectivity index (χ3v) is 6.36. The van der Waals surface area contributed by atoms with E-state index in [1.54, 1.807) is 0 Å². The number of hydrogen-bond donors (Lipinski definition) is 0. The Morgan fingerprint density at radius 3 is 2.37 bits per heavy atom. The normalized spacial score (nSPS) is 13.6. The molecule has 0 spiro atoms. The van der Waals surface area contributed by atoms with E-state index < -0.39 is 0 Å². The molecule has 4 aromatic carbocycles. The number of hydrogen-bond acceptors (Lipinski definition) is 1. The van der Waals surface area contributed by atoms with Crippen LogP contribution in [0.25, 0.3) is 44.2 Å². The van der Waals surface area contributed by atoms with Crippen molar-refractivity contribution < 1.29 is 4.42 Å². The summed E-state index contributed by atoms with van der Waals surface area (Å²) in [5, 5.41) is 2.53. The van der Waals surface area contributed by atoms with Gasteiger partial charge in [0.25, 0.3) is 0 Å². The molecule has 0 atom stereocenters. The monoisotopic (exact) mass is 344 g/mol. The maximum absolute atomic E-state index is 6.12. The van der Waals surface area contributed by atoms with Gasteiger partial charge in [0.1, 0.15) is 11.2 Å². The number of para-hydroxylation sites is 1. The van der Waals surface area contributed by atoms with E-state index in [0.29, 0.717) is 0 Å². The fraction of sp³-hybridized carbons (Fsp3) is 0.0769. The van der Waals surface area contributed by atoms with Crippen molar-refractivity contribution in [1.29, 1.82) is 0 Å². The molecule has 2 aliphatic rings. The highest BCUT2D eigenvalue weighted by atomic mass is 16.3. The highest BCUT2D eigenvalue weighted by molar-refractivity contribution is 6.10. The smallest absolute Gasteiger partial charge is 0.135 e. The average molecular weight is 344 g/mol. The first-order chi connectivity index (χ1) is 13.4. The fourth-order valence-corrected chi connectivity index (χ4v) is 5.24. The number of furan rings is 1. The lowest BCUT2D eigenvalue weighted by atomic mass is 9.95. The first-order valence-electron chi connectivity index (χ1n) is 9.55. The highest BCUT2D eigenvalue weighted by Crippen LogP contribution is 2.49. The van der Waals surface area contributed by atoms with Crippen molar-refractivity contribution in [3.8, 4) is 22.3 Å². The second kappa shape index (κ2) is 4.69. The molecule has 2 aliphatic carbocycles. The van der Waals surface area contributed by atoms with Crippen LogP contribution in [0.5, 0.6) is 0 Å². The molecule has 1 nitrogen and oxygen atoms in total. The quantitative estimate of drug-likeness (QED) is 0.297. The third kappa shape index (κ3) is 1.65. The lowest BCUT2D eigenvalue weighted by Crippen LogP contribution is -1.88. The standard InChI is InChI=1S/C26H16O/c1-2-6-17-15(5-1)13-21-18(17)10-9-16-14-22-19(25(16)21)11-12-24-26(22)20-7-3-4-8-23(20)27-24/h1-12H,13-14H2. The molecular weight excluding hydrogens is 328 g/mol. The SMILES string of the molecule is c1ccc2c(c1)Cc1c-2ccc2c1-c1ccc3oc4ccccc4c3c1C2. The molecule has 7 rings (SSSR count). The van der Waals surface area contributed by atoms with Crippen LogP contribution in [0.2, 0.25) is 0 Å². The number of fused-ring (bicyclic) bond motifs is 11. The third-order valence-electron chi connectivity index (χ3n) is 6.36. The molecule has 0 fully saturated rings. The summed E-state index contributed by atoms with van der Waals surface area (Å²) in [5.74, 6) is 0. The van der Waals surface area contributed by atoms with Crippen LogP contribution in [0.1, 0.15) is 22.3 Å². The molecule has 0 aliphatic heterocycles. The van der Waals surface area contributed by atoms with Crippen molar-refractivity contribution in [1.82, 2.24) is 0 Å². The Kier molecular flexibility index (Phi) is 2.40. The summed E-state index contributed by atoms with van der Waals surface area (Å²) in [4.78, 5) is 0. The summed E-state index contributed by atoms with van der Waals surface area (Å²) in [6.07, 6.45) is 2.04. The summed E-state index contributed by atoms with van der Waals surface area (Å²) in [6.45, 7) is 0. The minimum Gasteiger partial charge on any atom is -0.456 e. The van der Waals surface area contributed by atoms with E-state index in [2.05, 4.69) is 66.7 Å². The number of rotatable bonds is 0. The van der Waals surface area contributed by atoms with E-state index in [9.17, 15) is 0 Å². The van der Waals surface area contributed by atoms with Gasteiger partial charge in [0, 0.05) is 10.8 Å². The maximum atomic E-state index is 6.12. The van der Waals surface area contributed by atoms with Crippen LogP contribution in [0.4, 0.5) is 0 Å². The Morgan fingerprint density at radius 2 is 1.37 bits per heavy atom. The Balaban J connectivity index is 1.56. The summed E-state index contributed by atoms with van der Waals surface area (Å²) in [5.41, 5.74) is 13.5. The topological polar surface area (TPSA) is 13.1 Å². The molecule has 126 valence electrons. The molecule has 0 radical (unpaired) electrons. The summed E-state index contributed by atoms with van der Waals surface area (Å²) in [6, 6.07) is 26.3. The van der Waals surface area contributed by atoms with Crippen molar-refractivity contribution in [3.05, 3.63) is 95.1 Å². The summed E-state index contributed by atoms with van der Waals surface area (Å²) >= 11 is 0. The largest absolute Gasteiger partial charge is 0.456 e. The van der Waals surface area contributed by atoms with Crippen molar-refractivity contribution in [2.75, 3.05) is 0 Å². The van der Waals surface area contributed by atoms with Gasteiger partial charge in [-0.1, -0.05) is 60.7 Å². The van der Waals surface area contributed by atoms with Gasteiger partial charge in [-0.2, -0.15) is 0 Å². The van der Waals surface area contributed by atoms with E-state index >= 15 is 0 Å². The second-order valence-corrected chi connectivity index (χ2v) is 7.70. The van der Waals surface area contributed by atoms with Crippen molar-refractivity contribution in [3.63, 3.8) is 0 Å². The molecular formula is C26H16O. The first-order valence-corrected chi connectivity index (χ1v) is 9.55. The van der Waals surface area contributed by atoms with Gasteiger partial charge >= 0.3 is 0 Å². The van der Waals surface area contributed by atoms with Gasteiger partial charge in [0.15, 0.2) is 0 Å². The lowest BCUT2D eigenvalue weighted by molar-refractivity contribution is 0.669. The van der Waals surface area contributed by atoms with Gasteiger partial charge in [0.2, 0.25) is 0 Å². The fourth-order valence-electron chi connectivity index (χ4n) is 5.24. The predicted molar refractivity (Wildman–Crippen MR) is 110 cm³/mol. The molecule has 0 amide bonds. The Morgan fingerprint density at radius 1 is 0.556 bits per heavy atom. The molecule has 27 heavy (non-hydrogen) atoms. The van der Waals surface area contributed by atoms with Crippen molar-refractivity contribution in [2.24, 2.45) is 0 Å². The van der Waals surface area contributed by atoms with Crippen LogP contribution in [0.15, 0.2) is 77.2 Å². The molecule has 1 heteroatoms. The van der Waals surface area contributed by atoms with Crippen LogP contribution in [0.3, 0.4) is 0 Å². The molecule has 0 saturated heterocycles. The summed E-state index contributed by atoms with van der Waals surface area (Å²) in [7, 11) is 0. The van der Waals surface area contributed by atoms with Crippen LogP contribution >= 0.6 is 0 Å². The maximum Gasteiger partial charge on any atom is 0.135 e. The average Bonchev–Trinajstić information content (AvgIpc) is 3.37. The second-order valence-electron chi connectivity index (χ2n) is 7.70. The molecule has 1 aromatic heterocycles. The van der Waals surface area contributed by atoms with Crippen LogP contribution < -0.4 is 0 Å². The van der Waals surface area contributed by atoms with E-state index in [4.69, 9.17) is 4.42 Å². The van der Waals surface area contributed by atoms with Crippen molar-refractivity contribution in [2.45, 2.75) is 12.8 Å². The van der Waals surface area contributed by atoms with Crippen molar-refractivity contribution >= 4 is 21.9 Å². The zero-order valence-electron chi connectivity index (χ0n) is 14.8. The first kappa shape index (κ1) is 13.8. The predicted octanol–water partition coefficient (Wildman–Crippen LogP) is 6.73. The van der Waals surface area contributed by atoms with Crippen LogP contribution in [-0.4, -0.2) is 0 Å². The molecule has 1 heterocycles. The molecule has 0 saturated carbocycles. The summed E-state index contributed by atoms with van der Waals surface area (Å²) < 4.78 is 6.12. The molecule has 5 aromatic rings. The highest BCUT2D eigenvalue weighted by Gasteiger charge is 2.29. The molecule has 0 bridgehead atoms. The zero-order valence-corrected chi connectivity index (χ0v) is 14.8. The van der Waals surface area contributed by atoms with Crippen LogP contribution in [-0.2, 0) is 12.8 Å². The Labute approximate surface area is 156 Å². The zero-order chi connectivity index (χ0) is 17.5. The van der Waals surface area contributed by atoms with Gasteiger partial charge in [-0.15, -0.1) is 0 Å². The van der Waals surface area contributed by atoms with Gasteiger partial charge in [-0.05, 0) is 69.5 Å². The Bertz CT molecular complexity index is 1420. The molecule has 0 N–H and O–H groups in total. The van der Waals surface area contributed by atoms with Gasteiger partial charge in [-0.3, -0.25) is 0 Å². The van der Waals surface area contributed by atoms with Gasteiger partial charge < -0.3 is 4.42 Å². The van der Waals surface area contributed by atoms with E-state index in [1.807, 2.05) is 6.07 Å². The van der Waals surface area contributed by atoms with E-state index in [1.165, 1.54) is 55.3 Å². The molecule has 0 unspecified atom stereocenters. The van der Waals surface area contributed by atoms with Gasteiger partial charge in [-0.25, -0.2) is 0 Å².